The molecule has 0 amide bonds. The number of hydrogen-bond acceptors (Lipinski definition) is 3. The minimum absolute atomic E-state index is 0. The fraction of sp³-hybridized carbons (Fsp3) is 0.471. The molecule has 0 aliphatic heterocycles. The molecule has 3 nitrogen and oxygen atoms in total. The van der Waals surface area contributed by atoms with Gasteiger partial charge in [-0.25, -0.2) is 0 Å². The summed E-state index contributed by atoms with van der Waals surface area (Å²) in [6, 6.07) is 9.49. The summed E-state index contributed by atoms with van der Waals surface area (Å²) in [4.78, 5) is 23.0. The van der Waals surface area contributed by atoms with E-state index in [1.807, 2.05) is 37.3 Å². The molecule has 0 bridgehead atoms. The van der Waals surface area contributed by atoms with Crippen molar-refractivity contribution in [2.24, 2.45) is 5.92 Å². The molecule has 2 atom stereocenters. The van der Waals surface area contributed by atoms with E-state index in [0.29, 0.717) is 0 Å². The number of ether oxygens (including phenoxy) is 1. The Labute approximate surface area is 140 Å². The van der Waals surface area contributed by atoms with Gasteiger partial charge in [-0.05, 0) is 12.5 Å². The molecule has 21 heavy (non-hydrogen) atoms. The smallest absolute Gasteiger partial charge is 0.468 e. The monoisotopic (exact) mass is 284 g/mol. The molecule has 4 heteroatoms. The van der Waals surface area contributed by atoms with Gasteiger partial charge in [-0.1, -0.05) is 50.6 Å². The summed E-state index contributed by atoms with van der Waals surface area (Å²) in [5.74, 6) is -1.51. The molecule has 2 unspecified atom stereocenters. The van der Waals surface area contributed by atoms with Gasteiger partial charge in [0.05, 0.1) is 7.11 Å². The molecule has 1 aromatic carbocycles. The molecule has 112 valence electrons. The van der Waals surface area contributed by atoms with Crippen molar-refractivity contribution in [3.63, 3.8) is 0 Å². The summed E-state index contributed by atoms with van der Waals surface area (Å²) >= 11 is 0. The number of rotatable bonds is 5. The molecule has 1 aromatic rings. The van der Waals surface area contributed by atoms with E-state index in [1.54, 1.807) is 0 Å². The minimum Gasteiger partial charge on any atom is -0.468 e. The number of Topliss-reactive ketones (excluding diaryl/α,β-unsaturated/α-hetero) is 1. The van der Waals surface area contributed by atoms with Crippen LogP contribution >= 0.6 is 0 Å². The van der Waals surface area contributed by atoms with E-state index in [4.69, 9.17) is 0 Å². The van der Waals surface area contributed by atoms with Gasteiger partial charge in [-0.2, -0.15) is 6.42 Å². The first-order valence-corrected chi connectivity index (χ1v) is 6.92. The Bertz CT molecular complexity index is 402. The maximum absolute atomic E-state index is 11.5. The van der Waals surface area contributed by atoms with Gasteiger partial charge in [0.1, 0.15) is 11.7 Å². The summed E-state index contributed by atoms with van der Waals surface area (Å²) in [6.07, 6.45) is 2.28. The van der Waals surface area contributed by atoms with Crippen molar-refractivity contribution in [1.82, 2.24) is 0 Å². The Morgan fingerprint density at radius 2 is 1.71 bits per heavy atom. The molecular weight excluding hydrogens is 259 g/mol. The van der Waals surface area contributed by atoms with Crippen molar-refractivity contribution in [3.8, 4) is 0 Å². The molecule has 0 aliphatic carbocycles. The van der Waals surface area contributed by atoms with Gasteiger partial charge in [-0.15, -0.1) is 0 Å². The van der Waals surface area contributed by atoms with Crippen LogP contribution in [0.2, 0.25) is 0 Å². The number of carbonyl (C=O) groups excluding carboxylic acids is 2. The third-order valence-electron chi connectivity index (χ3n) is 3.07. The zero-order valence-electron chi connectivity index (χ0n) is 13.9. The Hall–Kier alpha value is -1.04. The van der Waals surface area contributed by atoms with Crippen molar-refractivity contribution in [3.05, 3.63) is 42.8 Å². The third kappa shape index (κ3) is 8.09. The van der Waals surface area contributed by atoms with E-state index >= 15 is 0 Å². The Kier molecular flexibility index (Phi) is 13.4. The van der Waals surface area contributed by atoms with Crippen molar-refractivity contribution >= 4 is 11.8 Å². The number of carbonyl (C=O) groups is 2. The summed E-state index contributed by atoms with van der Waals surface area (Å²) in [6.45, 7) is 9.00. The second kappa shape index (κ2) is 12.7. The molecule has 0 fully saturated rings. The number of ketones is 1. The average Bonchev–Trinajstić information content (AvgIpc) is 2.47. The van der Waals surface area contributed by atoms with Gasteiger partial charge >= 0.3 is 24.8 Å². The third-order valence-corrected chi connectivity index (χ3v) is 3.07. The van der Waals surface area contributed by atoms with E-state index in [0.717, 1.165) is 12.0 Å². The molecule has 0 N–H and O–H groups in total. The van der Waals surface area contributed by atoms with Gasteiger partial charge in [-0.3, -0.25) is 9.59 Å². The second-order valence-electron chi connectivity index (χ2n) is 4.66. The van der Waals surface area contributed by atoms with Crippen LogP contribution in [0.4, 0.5) is 0 Å². The predicted octanol–water partition coefficient (Wildman–Crippen LogP) is 0.793. The largest absolute Gasteiger partial charge is 1.00 e. The molecular formula is C17H25LiO3. The fourth-order valence-electron chi connectivity index (χ4n) is 1.80. The molecule has 0 saturated heterocycles. The first-order chi connectivity index (χ1) is 9.49. The topological polar surface area (TPSA) is 43.4 Å². The van der Waals surface area contributed by atoms with Gasteiger partial charge < -0.3 is 11.7 Å². The molecule has 0 spiro atoms. The van der Waals surface area contributed by atoms with Crippen LogP contribution in [0.3, 0.4) is 0 Å². The summed E-state index contributed by atoms with van der Waals surface area (Å²) in [5, 5.41) is 0. The number of esters is 1. The van der Waals surface area contributed by atoms with E-state index in [2.05, 4.69) is 18.6 Å². The zero-order chi connectivity index (χ0) is 15.5. The molecule has 0 saturated carbocycles. The van der Waals surface area contributed by atoms with Crippen molar-refractivity contribution in [2.75, 3.05) is 7.11 Å². The van der Waals surface area contributed by atoms with Crippen molar-refractivity contribution in [1.29, 1.82) is 0 Å². The zero-order valence-corrected chi connectivity index (χ0v) is 13.9. The van der Waals surface area contributed by atoms with Gasteiger partial charge in [0.15, 0.2) is 0 Å². The van der Waals surface area contributed by atoms with Gasteiger partial charge in [0, 0.05) is 5.92 Å². The van der Waals surface area contributed by atoms with Crippen LogP contribution in [0.15, 0.2) is 30.3 Å². The molecule has 1 rings (SSSR count). The number of unbranched alkanes of at least 4 members (excludes halogenated alkanes) is 1. The summed E-state index contributed by atoms with van der Waals surface area (Å²) in [5.41, 5.74) is 0.966. The SMILES string of the molecule is COC(=O)C(C(C)=O)C(C)c1ccccc1.[CH2-]CCC.[Li+]. The Balaban J connectivity index is 0. The minimum atomic E-state index is -0.715. The van der Waals surface area contributed by atoms with E-state index in [-0.39, 0.29) is 30.6 Å². The van der Waals surface area contributed by atoms with Crippen LogP contribution in [-0.4, -0.2) is 18.9 Å². The van der Waals surface area contributed by atoms with Crippen molar-refractivity contribution in [2.45, 2.75) is 39.5 Å². The average molecular weight is 284 g/mol. The number of benzene rings is 1. The van der Waals surface area contributed by atoms with E-state index < -0.39 is 11.9 Å². The normalized spacial score (nSPS) is 12.0. The standard InChI is InChI=1S/C13H16O3.C4H9.Li/c1-9(11-7-5-4-6-8-11)12(10(2)14)13(15)16-3;1-3-4-2;/h4-9,12H,1-3H3;1,3-4H2,2H3;/q;-1;+1. The number of hydrogen-bond donors (Lipinski definition) is 0. The molecule has 0 aromatic heterocycles. The summed E-state index contributed by atoms with van der Waals surface area (Å²) in [7, 11) is 1.30. The predicted molar refractivity (Wildman–Crippen MR) is 81.3 cm³/mol. The first-order valence-electron chi connectivity index (χ1n) is 6.92. The Morgan fingerprint density at radius 1 is 1.24 bits per heavy atom. The number of methoxy groups -OCH3 is 1. The van der Waals surface area contributed by atoms with E-state index in [9.17, 15) is 9.59 Å². The quantitative estimate of drug-likeness (QED) is 0.347. The molecule has 0 heterocycles. The Morgan fingerprint density at radius 3 is 2.05 bits per heavy atom. The fourth-order valence-corrected chi connectivity index (χ4v) is 1.80. The summed E-state index contributed by atoms with van der Waals surface area (Å²) < 4.78 is 4.66. The van der Waals surface area contributed by atoms with Gasteiger partial charge in [0.2, 0.25) is 0 Å². The maximum Gasteiger partial charge on any atom is 1.00 e. The van der Waals surface area contributed by atoms with Crippen LogP contribution in [-0.2, 0) is 14.3 Å². The maximum atomic E-state index is 11.5. The van der Waals surface area contributed by atoms with Crippen LogP contribution in [0.1, 0.15) is 45.1 Å². The molecule has 0 radical (unpaired) electrons. The second-order valence-corrected chi connectivity index (χ2v) is 4.66. The van der Waals surface area contributed by atoms with Gasteiger partial charge in [0.25, 0.3) is 0 Å². The van der Waals surface area contributed by atoms with Crippen LogP contribution in [0, 0.1) is 12.8 Å². The first kappa shape index (κ1) is 22.2. The van der Waals surface area contributed by atoms with Crippen molar-refractivity contribution < 1.29 is 33.2 Å². The van der Waals surface area contributed by atoms with Crippen LogP contribution < -0.4 is 18.9 Å². The van der Waals surface area contributed by atoms with Crippen LogP contribution in [0.5, 0.6) is 0 Å². The van der Waals surface area contributed by atoms with Crippen LogP contribution in [0.25, 0.3) is 0 Å². The molecule has 0 aliphatic rings. The van der Waals surface area contributed by atoms with E-state index in [1.165, 1.54) is 20.5 Å².